The number of para-hydroxylation sites is 2. The molecule has 2 aromatic heterocycles. The van der Waals surface area contributed by atoms with Crippen molar-refractivity contribution < 1.29 is 9.18 Å². The van der Waals surface area contributed by atoms with E-state index >= 15 is 0 Å². The first-order valence-corrected chi connectivity index (χ1v) is 11.2. The maximum Gasteiger partial charge on any atom is 0.266 e. The van der Waals surface area contributed by atoms with Crippen LogP contribution in [0.15, 0.2) is 76.7 Å². The van der Waals surface area contributed by atoms with E-state index in [1.807, 2.05) is 6.07 Å². The van der Waals surface area contributed by atoms with Crippen LogP contribution in [0.1, 0.15) is 0 Å². The minimum absolute atomic E-state index is 0.0345. The van der Waals surface area contributed by atoms with E-state index in [1.165, 1.54) is 16.7 Å². The topological polar surface area (TPSA) is 89.8 Å². The van der Waals surface area contributed by atoms with Gasteiger partial charge in [-0.05, 0) is 36.4 Å². The van der Waals surface area contributed by atoms with E-state index in [-0.39, 0.29) is 22.5 Å². The monoisotopic (exact) mass is 463 g/mol. The third-order valence-corrected chi connectivity index (χ3v) is 6.21. The molecule has 0 aliphatic rings. The molecule has 0 atom stereocenters. The molecule has 0 aliphatic carbocycles. The van der Waals surface area contributed by atoms with Crippen molar-refractivity contribution in [3.05, 3.63) is 82.9 Å². The minimum atomic E-state index is -0.555. The van der Waals surface area contributed by atoms with Gasteiger partial charge in [0.25, 0.3) is 5.56 Å². The first-order chi connectivity index (χ1) is 15.6. The molecule has 2 heterocycles. The van der Waals surface area contributed by atoms with E-state index in [0.717, 1.165) is 23.5 Å². The zero-order chi connectivity index (χ0) is 22.1. The molecule has 0 radical (unpaired) electrons. The molecule has 0 spiro atoms. The molecule has 5 rings (SSSR count). The lowest BCUT2D eigenvalue weighted by atomic mass is 10.2. The van der Waals surface area contributed by atoms with Crippen molar-refractivity contribution in [2.45, 2.75) is 5.16 Å². The first-order valence-electron chi connectivity index (χ1n) is 9.52. The molecule has 158 valence electrons. The van der Waals surface area contributed by atoms with E-state index in [1.54, 1.807) is 48.5 Å². The van der Waals surface area contributed by atoms with Crippen molar-refractivity contribution in [2.75, 3.05) is 11.1 Å². The van der Waals surface area contributed by atoms with Crippen molar-refractivity contribution in [1.82, 2.24) is 18.3 Å². The average molecular weight is 464 g/mol. The SMILES string of the molecule is O=C(CSc1nc2ccccc2c(=O)n1-c1ccccc1F)Nc1cccc2nsnc12. The Bertz CT molecular complexity index is 1530. The molecule has 0 bridgehead atoms. The molecule has 0 saturated carbocycles. The minimum Gasteiger partial charge on any atom is -0.323 e. The number of carbonyl (C=O) groups is 1. The Balaban J connectivity index is 1.49. The Morgan fingerprint density at radius 1 is 1.00 bits per heavy atom. The molecule has 1 amide bonds. The summed E-state index contributed by atoms with van der Waals surface area (Å²) in [5, 5.41) is 3.41. The van der Waals surface area contributed by atoms with Crippen molar-refractivity contribution in [3.8, 4) is 5.69 Å². The van der Waals surface area contributed by atoms with Crippen LogP contribution in [-0.2, 0) is 4.79 Å². The number of halogens is 1. The van der Waals surface area contributed by atoms with Gasteiger partial charge in [0.2, 0.25) is 5.91 Å². The van der Waals surface area contributed by atoms with Gasteiger partial charge >= 0.3 is 0 Å². The standard InChI is InChI=1S/C22H14FN5O2S2/c23-14-7-2-4-11-18(14)28-21(30)13-6-1-3-8-15(13)25-22(28)31-12-19(29)24-16-9-5-10-17-20(16)27-32-26-17/h1-11H,12H2,(H,24,29). The zero-order valence-electron chi connectivity index (χ0n) is 16.4. The number of carbonyl (C=O) groups excluding carboxylic acids is 1. The molecular formula is C22H14FN5O2S2. The summed E-state index contributed by atoms with van der Waals surface area (Å²) >= 11 is 2.12. The number of nitrogens with zero attached hydrogens (tertiary/aromatic N) is 4. The average Bonchev–Trinajstić information content (AvgIpc) is 3.29. The Labute approximate surface area is 189 Å². The van der Waals surface area contributed by atoms with Gasteiger partial charge in [-0.2, -0.15) is 8.75 Å². The molecule has 10 heteroatoms. The summed E-state index contributed by atoms with van der Waals surface area (Å²) < 4.78 is 24.1. The molecule has 0 unspecified atom stereocenters. The molecule has 0 fully saturated rings. The van der Waals surface area contributed by atoms with Crippen molar-refractivity contribution in [3.63, 3.8) is 0 Å². The third-order valence-electron chi connectivity index (χ3n) is 4.73. The fourth-order valence-electron chi connectivity index (χ4n) is 3.28. The maximum atomic E-state index is 14.6. The number of rotatable bonds is 5. The second kappa shape index (κ2) is 8.48. The van der Waals surface area contributed by atoms with E-state index in [9.17, 15) is 14.0 Å². The molecule has 0 aliphatic heterocycles. The summed E-state index contributed by atoms with van der Waals surface area (Å²) in [6.07, 6.45) is 0. The van der Waals surface area contributed by atoms with Gasteiger partial charge in [0, 0.05) is 0 Å². The van der Waals surface area contributed by atoms with Crippen LogP contribution in [-0.4, -0.2) is 30.0 Å². The highest BCUT2D eigenvalue weighted by Gasteiger charge is 2.17. The van der Waals surface area contributed by atoms with Gasteiger partial charge in [-0.15, -0.1) is 0 Å². The smallest absolute Gasteiger partial charge is 0.266 e. The van der Waals surface area contributed by atoms with Crippen molar-refractivity contribution in [1.29, 1.82) is 0 Å². The number of hydrogen-bond acceptors (Lipinski definition) is 7. The van der Waals surface area contributed by atoms with Gasteiger partial charge in [-0.1, -0.05) is 42.1 Å². The second-order valence-corrected chi connectivity index (χ2v) is 8.25. The largest absolute Gasteiger partial charge is 0.323 e. The third kappa shape index (κ3) is 3.74. The molecule has 5 aromatic rings. The zero-order valence-corrected chi connectivity index (χ0v) is 18.0. The summed E-state index contributed by atoms with van der Waals surface area (Å²) in [5.41, 5.74) is 2.03. The highest BCUT2D eigenvalue weighted by Crippen LogP contribution is 2.24. The van der Waals surface area contributed by atoms with Gasteiger partial charge in [-0.25, -0.2) is 9.37 Å². The van der Waals surface area contributed by atoms with Gasteiger partial charge < -0.3 is 5.32 Å². The first kappa shape index (κ1) is 20.3. The van der Waals surface area contributed by atoms with E-state index in [4.69, 9.17) is 0 Å². The van der Waals surface area contributed by atoms with Crippen LogP contribution >= 0.6 is 23.5 Å². The second-order valence-electron chi connectivity index (χ2n) is 6.78. The van der Waals surface area contributed by atoms with Crippen LogP contribution in [0.4, 0.5) is 10.1 Å². The van der Waals surface area contributed by atoms with E-state index < -0.39 is 11.4 Å². The Morgan fingerprint density at radius 3 is 2.66 bits per heavy atom. The summed E-state index contributed by atoms with van der Waals surface area (Å²) in [5.74, 6) is -0.897. The van der Waals surface area contributed by atoms with E-state index in [2.05, 4.69) is 19.0 Å². The molecule has 7 nitrogen and oxygen atoms in total. The van der Waals surface area contributed by atoms with Crippen LogP contribution in [0.3, 0.4) is 0 Å². The summed E-state index contributed by atoms with van der Waals surface area (Å²) in [6.45, 7) is 0. The van der Waals surface area contributed by atoms with Crippen LogP contribution in [0, 0.1) is 5.82 Å². The number of hydrogen-bond donors (Lipinski definition) is 1. The number of thioether (sulfide) groups is 1. The molecular weight excluding hydrogens is 449 g/mol. The predicted molar refractivity (Wildman–Crippen MR) is 124 cm³/mol. The normalized spacial score (nSPS) is 11.2. The summed E-state index contributed by atoms with van der Waals surface area (Å²) in [7, 11) is 0. The Hall–Kier alpha value is -3.63. The fourth-order valence-corrected chi connectivity index (χ4v) is 4.63. The summed E-state index contributed by atoms with van der Waals surface area (Å²) in [4.78, 5) is 30.4. The lowest BCUT2D eigenvalue weighted by Gasteiger charge is -2.14. The van der Waals surface area contributed by atoms with Crippen LogP contribution < -0.4 is 10.9 Å². The Morgan fingerprint density at radius 2 is 1.78 bits per heavy atom. The number of nitrogens with one attached hydrogen (secondary N) is 1. The van der Waals surface area contributed by atoms with E-state index in [0.29, 0.717) is 27.6 Å². The number of amides is 1. The van der Waals surface area contributed by atoms with Gasteiger partial charge in [0.1, 0.15) is 16.9 Å². The lowest BCUT2D eigenvalue weighted by Crippen LogP contribution is -2.23. The molecule has 0 saturated heterocycles. The number of aromatic nitrogens is 4. The number of fused-ring (bicyclic) bond motifs is 2. The predicted octanol–water partition coefficient (Wildman–Crippen LogP) is 4.26. The Kier molecular flexibility index (Phi) is 5.38. The summed E-state index contributed by atoms with van der Waals surface area (Å²) in [6, 6.07) is 18.2. The molecule has 3 aromatic carbocycles. The molecule has 1 N–H and O–H groups in total. The van der Waals surface area contributed by atoms with Crippen molar-refractivity contribution in [2.24, 2.45) is 0 Å². The number of benzene rings is 3. The van der Waals surface area contributed by atoms with Gasteiger partial charge in [-0.3, -0.25) is 14.2 Å². The van der Waals surface area contributed by atoms with Crippen LogP contribution in [0.25, 0.3) is 27.6 Å². The lowest BCUT2D eigenvalue weighted by molar-refractivity contribution is -0.113. The van der Waals surface area contributed by atoms with Crippen LogP contribution in [0.5, 0.6) is 0 Å². The highest BCUT2D eigenvalue weighted by atomic mass is 32.2. The molecule has 32 heavy (non-hydrogen) atoms. The van der Waals surface area contributed by atoms with Crippen molar-refractivity contribution >= 4 is 57.0 Å². The van der Waals surface area contributed by atoms with Gasteiger partial charge in [0.15, 0.2) is 5.16 Å². The number of anilines is 1. The highest BCUT2D eigenvalue weighted by molar-refractivity contribution is 7.99. The van der Waals surface area contributed by atoms with Gasteiger partial charge in [0.05, 0.1) is 39.8 Å². The maximum absolute atomic E-state index is 14.6. The van der Waals surface area contributed by atoms with Crippen LogP contribution in [0.2, 0.25) is 0 Å². The fraction of sp³-hybridized carbons (Fsp3) is 0.0455. The quantitative estimate of drug-likeness (QED) is 0.309.